The number of amides is 1. The van der Waals surface area contributed by atoms with Crippen molar-refractivity contribution in [3.63, 3.8) is 0 Å². The van der Waals surface area contributed by atoms with E-state index in [1.165, 1.54) is 31.4 Å². The van der Waals surface area contributed by atoms with E-state index in [9.17, 15) is 26.4 Å². The third-order valence-corrected chi connectivity index (χ3v) is 6.49. The van der Waals surface area contributed by atoms with Gasteiger partial charge in [-0.3, -0.25) is 9.52 Å². The van der Waals surface area contributed by atoms with E-state index in [2.05, 4.69) is 10.0 Å². The highest BCUT2D eigenvalue weighted by Gasteiger charge is 2.31. The molecule has 13 heteroatoms. The zero-order valence-corrected chi connectivity index (χ0v) is 20.1. The van der Waals surface area contributed by atoms with Gasteiger partial charge in [-0.2, -0.15) is 13.2 Å². The zero-order chi connectivity index (χ0) is 25.8. The molecule has 7 nitrogen and oxygen atoms in total. The van der Waals surface area contributed by atoms with E-state index in [1.54, 1.807) is 12.1 Å². The predicted octanol–water partition coefficient (Wildman–Crippen LogP) is 5.84. The number of anilines is 2. The number of carbonyl (C=O) groups is 1. The first-order valence-corrected chi connectivity index (χ1v) is 11.9. The van der Waals surface area contributed by atoms with Gasteiger partial charge in [0.2, 0.25) is 0 Å². The Hall–Kier alpha value is -3.15. The Morgan fingerprint density at radius 3 is 2.26 bits per heavy atom. The molecule has 0 aliphatic carbocycles. The monoisotopic (exact) mass is 548 g/mol. The number of nitrogens with one attached hydrogen (secondary N) is 2. The standard InChI is InChI=1S/C22H17Cl2F3N2O5S/c1-33-15-5-3-14(4-6-15)29-35(31,32)16-7-9-20(18(24)11-16)34-12-21(30)28-19-10-13(22(25,26)27)2-8-17(19)23/h2-11,29H,12H2,1H3,(H,28,30). The normalized spacial score (nSPS) is 11.6. The van der Waals surface area contributed by atoms with E-state index < -0.39 is 34.3 Å². The number of ether oxygens (including phenoxy) is 2. The molecule has 0 aliphatic rings. The molecule has 0 aliphatic heterocycles. The Balaban J connectivity index is 1.65. The molecule has 0 unspecified atom stereocenters. The summed E-state index contributed by atoms with van der Waals surface area (Å²) in [4.78, 5) is 12.0. The molecule has 1 amide bonds. The lowest BCUT2D eigenvalue weighted by Crippen LogP contribution is -2.21. The molecule has 0 radical (unpaired) electrons. The van der Waals surface area contributed by atoms with Crippen LogP contribution in [0.3, 0.4) is 0 Å². The van der Waals surface area contributed by atoms with Crippen LogP contribution in [0, 0.1) is 0 Å². The van der Waals surface area contributed by atoms with E-state index in [-0.39, 0.29) is 26.4 Å². The molecule has 3 aromatic rings. The number of alkyl halides is 3. The van der Waals surface area contributed by atoms with Crippen LogP contribution in [0.4, 0.5) is 24.5 Å². The predicted molar refractivity (Wildman–Crippen MR) is 126 cm³/mol. The summed E-state index contributed by atoms with van der Waals surface area (Å²) in [7, 11) is -2.50. The van der Waals surface area contributed by atoms with Crippen molar-refractivity contribution in [1.29, 1.82) is 0 Å². The third-order valence-electron chi connectivity index (χ3n) is 4.48. The van der Waals surface area contributed by atoms with Crippen molar-refractivity contribution in [2.24, 2.45) is 0 Å². The second-order valence-corrected chi connectivity index (χ2v) is 9.45. The molecule has 0 aromatic heterocycles. The molecule has 0 spiro atoms. The Labute approximate surface area is 208 Å². The van der Waals surface area contributed by atoms with Crippen molar-refractivity contribution in [2.75, 3.05) is 23.8 Å². The third kappa shape index (κ3) is 6.93. The number of hydrogen-bond donors (Lipinski definition) is 2. The van der Waals surface area contributed by atoms with E-state index in [1.807, 2.05) is 0 Å². The van der Waals surface area contributed by atoms with Crippen LogP contribution < -0.4 is 19.5 Å². The van der Waals surface area contributed by atoms with Gasteiger partial charge in [0.05, 0.1) is 33.3 Å². The molecule has 3 rings (SSSR count). The summed E-state index contributed by atoms with van der Waals surface area (Å²) >= 11 is 12.0. The van der Waals surface area contributed by atoms with Gasteiger partial charge in [-0.1, -0.05) is 23.2 Å². The fourth-order valence-electron chi connectivity index (χ4n) is 2.77. The van der Waals surface area contributed by atoms with E-state index >= 15 is 0 Å². The average Bonchev–Trinajstić information content (AvgIpc) is 2.79. The van der Waals surface area contributed by atoms with Crippen LogP contribution in [-0.4, -0.2) is 28.0 Å². The molecule has 2 N–H and O–H groups in total. The first kappa shape index (κ1) is 26.5. The largest absolute Gasteiger partial charge is 0.497 e. The van der Waals surface area contributed by atoms with Crippen LogP contribution in [0.15, 0.2) is 65.6 Å². The lowest BCUT2D eigenvalue weighted by molar-refractivity contribution is -0.137. The van der Waals surface area contributed by atoms with E-state index in [0.29, 0.717) is 17.5 Å². The molecule has 0 bridgehead atoms. The molecule has 186 valence electrons. The maximum Gasteiger partial charge on any atom is 0.416 e. The van der Waals surface area contributed by atoms with Gasteiger partial charge in [0.15, 0.2) is 6.61 Å². The van der Waals surface area contributed by atoms with Crippen molar-refractivity contribution >= 4 is 50.5 Å². The number of carbonyl (C=O) groups excluding carboxylic acids is 1. The highest BCUT2D eigenvalue weighted by molar-refractivity contribution is 7.92. The summed E-state index contributed by atoms with van der Waals surface area (Å²) < 4.78 is 76.6. The van der Waals surface area contributed by atoms with Crippen molar-refractivity contribution in [3.05, 3.63) is 76.3 Å². The Kier molecular flexibility index (Phi) is 8.04. The first-order valence-electron chi connectivity index (χ1n) is 9.65. The summed E-state index contributed by atoms with van der Waals surface area (Å²) in [6.07, 6.45) is -4.61. The van der Waals surface area contributed by atoms with Gasteiger partial charge in [0.1, 0.15) is 11.5 Å². The fourth-order valence-corrected chi connectivity index (χ4v) is 4.31. The van der Waals surface area contributed by atoms with Crippen molar-refractivity contribution in [1.82, 2.24) is 0 Å². The summed E-state index contributed by atoms with van der Waals surface area (Å²) in [5.74, 6) is -0.266. The first-order chi connectivity index (χ1) is 16.4. The molecule has 0 fully saturated rings. The second kappa shape index (κ2) is 10.6. The van der Waals surface area contributed by atoms with Gasteiger partial charge in [-0.25, -0.2) is 8.42 Å². The zero-order valence-electron chi connectivity index (χ0n) is 17.8. The number of rotatable bonds is 8. The SMILES string of the molecule is COc1ccc(NS(=O)(=O)c2ccc(OCC(=O)Nc3cc(C(F)(F)F)ccc3Cl)c(Cl)c2)cc1. The van der Waals surface area contributed by atoms with Crippen LogP contribution in [0.5, 0.6) is 11.5 Å². The lowest BCUT2D eigenvalue weighted by Gasteiger charge is -2.13. The minimum Gasteiger partial charge on any atom is -0.497 e. The van der Waals surface area contributed by atoms with Gasteiger partial charge < -0.3 is 14.8 Å². The molecular formula is C22H17Cl2F3N2O5S. The van der Waals surface area contributed by atoms with Crippen LogP contribution in [0.1, 0.15) is 5.56 Å². The molecule has 35 heavy (non-hydrogen) atoms. The quantitative estimate of drug-likeness (QED) is 0.369. The van der Waals surface area contributed by atoms with Crippen LogP contribution in [0.25, 0.3) is 0 Å². The van der Waals surface area contributed by atoms with E-state index in [0.717, 1.165) is 18.2 Å². The Morgan fingerprint density at radius 2 is 1.66 bits per heavy atom. The highest BCUT2D eigenvalue weighted by atomic mass is 35.5. The minimum atomic E-state index is -4.61. The number of hydrogen-bond acceptors (Lipinski definition) is 5. The lowest BCUT2D eigenvalue weighted by atomic mass is 10.2. The van der Waals surface area contributed by atoms with Gasteiger partial charge in [0, 0.05) is 5.69 Å². The van der Waals surface area contributed by atoms with Crippen molar-refractivity contribution in [2.45, 2.75) is 11.1 Å². The topological polar surface area (TPSA) is 93.7 Å². The average molecular weight is 549 g/mol. The van der Waals surface area contributed by atoms with E-state index in [4.69, 9.17) is 32.7 Å². The highest BCUT2D eigenvalue weighted by Crippen LogP contribution is 2.34. The summed E-state index contributed by atoms with van der Waals surface area (Å²) in [6.45, 7) is -0.623. The Morgan fingerprint density at radius 1 is 0.971 bits per heavy atom. The van der Waals surface area contributed by atoms with Crippen LogP contribution >= 0.6 is 23.2 Å². The molecule has 0 atom stereocenters. The summed E-state index contributed by atoms with van der Waals surface area (Å²) in [5.41, 5.74) is -0.930. The van der Waals surface area contributed by atoms with Gasteiger partial charge in [-0.15, -0.1) is 0 Å². The van der Waals surface area contributed by atoms with Gasteiger partial charge in [0.25, 0.3) is 15.9 Å². The Bertz CT molecular complexity index is 1330. The number of benzene rings is 3. The molecule has 0 saturated carbocycles. The molecule has 0 heterocycles. The fraction of sp³-hybridized carbons (Fsp3) is 0.136. The van der Waals surface area contributed by atoms with Crippen LogP contribution in [-0.2, 0) is 21.0 Å². The minimum absolute atomic E-state index is 0.0136. The molecule has 3 aromatic carbocycles. The van der Waals surface area contributed by atoms with Crippen molar-refractivity contribution in [3.8, 4) is 11.5 Å². The number of sulfonamides is 1. The maximum atomic E-state index is 12.9. The second-order valence-electron chi connectivity index (χ2n) is 6.96. The van der Waals surface area contributed by atoms with Gasteiger partial charge in [-0.05, 0) is 60.7 Å². The number of halogens is 5. The van der Waals surface area contributed by atoms with Gasteiger partial charge >= 0.3 is 6.18 Å². The molecular weight excluding hydrogens is 532 g/mol. The summed E-state index contributed by atoms with van der Waals surface area (Å²) in [5, 5.41) is 2.03. The maximum absolute atomic E-state index is 12.9. The van der Waals surface area contributed by atoms with Crippen molar-refractivity contribution < 1.29 is 35.9 Å². The summed E-state index contributed by atoms with van der Waals surface area (Å²) in [6, 6.07) is 12.3. The molecule has 0 saturated heterocycles. The smallest absolute Gasteiger partial charge is 0.416 e. The number of methoxy groups -OCH3 is 1. The van der Waals surface area contributed by atoms with Crippen LogP contribution in [0.2, 0.25) is 10.0 Å².